The first-order valence-electron chi connectivity index (χ1n) is 7.33. The summed E-state index contributed by atoms with van der Waals surface area (Å²) in [6.45, 7) is -0.00805. The van der Waals surface area contributed by atoms with Crippen LogP contribution < -0.4 is 15.9 Å². The number of hydrogen-bond donors (Lipinski definition) is 1. The number of aromatic nitrogens is 2. The summed E-state index contributed by atoms with van der Waals surface area (Å²) in [5, 5.41) is 3.37. The molecule has 0 aliphatic carbocycles. The van der Waals surface area contributed by atoms with E-state index in [0.29, 0.717) is 15.8 Å². The Hall–Kier alpha value is -2.38. The Balaban J connectivity index is 1.76. The lowest BCUT2D eigenvalue weighted by molar-refractivity contribution is -0.134. The van der Waals surface area contributed by atoms with E-state index in [1.54, 1.807) is 42.5 Å². The van der Waals surface area contributed by atoms with Crippen molar-refractivity contribution in [3.05, 3.63) is 72.7 Å². The molecule has 0 saturated heterocycles. The first-order chi connectivity index (χ1) is 12.0. The fourth-order valence-corrected chi connectivity index (χ4v) is 3.05. The van der Waals surface area contributed by atoms with Crippen molar-refractivity contribution in [2.24, 2.45) is 0 Å². The number of aromatic amines is 1. The van der Waals surface area contributed by atoms with Gasteiger partial charge in [-0.05, 0) is 30.3 Å². The summed E-state index contributed by atoms with van der Waals surface area (Å²) in [5.41, 5.74) is -0.760. The number of ether oxygens (including phenoxy) is 1. The summed E-state index contributed by atoms with van der Waals surface area (Å²) in [7, 11) is 0. The van der Waals surface area contributed by atoms with Gasteiger partial charge in [-0.1, -0.05) is 39.7 Å². The molecule has 1 aromatic heterocycles. The Bertz CT molecular complexity index is 1070. The molecular formula is C17H12BrClN2O4. The van der Waals surface area contributed by atoms with Gasteiger partial charge in [0.25, 0.3) is 11.1 Å². The number of hydrogen-bond acceptors (Lipinski definition) is 4. The Morgan fingerprint density at radius 1 is 1.16 bits per heavy atom. The summed E-state index contributed by atoms with van der Waals surface area (Å²) in [4.78, 5) is 36.4. The second-order valence-electron chi connectivity index (χ2n) is 5.24. The van der Waals surface area contributed by atoms with Gasteiger partial charge in [0.15, 0.2) is 0 Å². The molecule has 0 fully saturated rings. The van der Waals surface area contributed by atoms with Gasteiger partial charge in [-0.25, -0.2) is 4.68 Å². The average Bonchev–Trinajstić information content (AvgIpc) is 2.59. The maximum atomic E-state index is 12.4. The van der Waals surface area contributed by atoms with Gasteiger partial charge in [-0.3, -0.25) is 19.5 Å². The van der Waals surface area contributed by atoms with Gasteiger partial charge in [0, 0.05) is 4.47 Å². The lowest BCUT2D eigenvalue weighted by atomic mass is 10.2. The quantitative estimate of drug-likeness (QED) is 0.516. The van der Waals surface area contributed by atoms with Crippen LogP contribution in [0.2, 0.25) is 5.02 Å². The monoisotopic (exact) mass is 422 g/mol. The van der Waals surface area contributed by atoms with Crippen LogP contribution in [0.5, 0.6) is 5.75 Å². The van der Waals surface area contributed by atoms with Crippen molar-refractivity contribution in [1.29, 1.82) is 0 Å². The third kappa shape index (κ3) is 3.83. The summed E-state index contributed by atoms with van der Waals surface area (Å²) < 4.78 is 7.05. The molecule has 128 valence electrons. The highest BCUT2D eigenvalue weighted by atomic mass is 79.9. The summed E-state index contributed by atoms with van der Waals surface area (Å²) >= 11 is 9.25. The number of H-pyrrole nitrogens is 1. The van der Waals surface area contributed by atoms with E-state index < -0.39 is 5.97 Å². The molecule has 0 amide bonds. The van der Waals surface area contributed by atoms with Gasteiger partial charge in [0.1, 0.15) is 5.75 Å². The highest BCUT2D eigenvalue weighted by Crippen LogP contribution is 2.27. The zero-order chi connectivity index (χ0) is 18.0. The highest BCUT2D eigenvalue weighted by Gasteiger charge is 2.11. The first-order valence-corrected chi connectivity index (χ1v) is 8.50. The third-order valence-electron chi connectivity index (χ3n) is 3.54. The van der Waals surface area contributed by atoms with Gasteiger partial charge < -0.3 is 4.74 Å². The van der Waals surface area contributed by atoms with E-state index in [-0.39, 0.29) is 29.8 Å². The number of rotatable bonds is 4. The van der Waals surface area contributed by atoms with E-state index in [4.69, 9.17) is 16.3 Å². The van der Waals surface area contributed by atoms with Crippen LogP contribution in [0, 0.1) is 0 Å². The number of nitrogens with one attached hydrogen (secondary N) is 1. The minimum absolute atomic E-state index is 0.00805. The predicted molar refractivity (Wildman–Crippen MR) is 98.2 cm³/mol. The lowest BCUT2D eigenvalue weighted by Crippen LogP contribution is -2.31. The minimum atomic E-state index is -0.565. The number of nitrogens with zero attached hydrogens (tertiary/aromatic N) is 1. The largest absolute Gasteiger partial charge is 0.425 e. The van der Waals surface area contributed by atoms with Gasteiger partial charge in [0.2, 0.25) is 0 Å². The molecule has 0 radical (unpaired) electrons. The Labute approximate surface area is 155 Å². The van der Waals surface area contributed by atoms with Crippen LogP contribution in [-0.2, 0) is 11.3 Å². The van der Waals surface area contributed by atoms with Crippen LogP contribution in [0.3, 0.4) is 0 Å². The van der Waals surface area contributed by atoms with Crippen LogP contribution in [0.1, 0.15) is 6.42 Å². The molecule has 0 unspecified atom stereocenters. The molecule has 1 N–H and O–H groups in total. The maximum absolute atomic E-state index is 12.4. The normalized spacial score (nSPS) is 10.8. The number of carbonyl (C=O) groups is 1. The highest BCUT2D eigenvalue weighted by molar-refractivity contribution is 9.10. The van der Waals surface area contributed by atoms with Crippen LogP contribution in [0.4, 0.5) is 0 Å². The fraction of sp³-hybridized carbons (Fsp3) is 0.118. The van der Waals surface area contributed by atoms with E-state index in [1.165, 1.54) is 0 Å². The molecule has 0 bridgehead atoms. The minimum Gasteiger partial charge on any atom is -0.425 e. The molecule has 3 aromatic rings. The Morgan fingerprint density at radius 3 is 2.60 bits per heavy atom. The number of aryl methyl sites for hydroxylation is 1. The molecule has 3 rings (SSSR count). The third-order valence-corrected chi connectivity index (χ3v) is 4.33. The fourth-order valence-electron chi connectivity index (χ4n) is 2.34. The van der Waals surface area contributed by atoms with Gasteiger partial charge in [-0.2, -0.15) is 0 Å². The Kier molecular flexibility index (Phi) is 5.06. The van der Waals surface area contributed by atoms with Crippen LogP contribution >= 0.6 is 27.5 Å². The molecule has 2 aromatic carbocycles. The zero-order valence-corrected chi connectivity index (χ0v) is 15.1. The molecule has 8 heteroatoms. The Morgan fingerprint density at radius 2 is 1.88 bits per heavy atom. The molecule has 25 heavy (non-hydrogen) atoms. The van der Waals surface area contributed by atoms with Crippen molar-refractivity contribution < 1.29 is 9.53 Å². The standard InChI is InChI=1S/C17H12BrClN2O4/c18-10-5-6-14(13(19)9-10)25-15(22)7-8-21-17(24)12-4-2-1-3-11(12)16(23)20-21/h1-6,9H,7-8H2,(H,20,23). The lowest BCUT2D eigenvalue weighted by Gasteiger charge is -2.08. The molecule has 0 aliphatic rings. The number of fused-ring (bicyclic) bond motifs is 1. The van der Waals surface area contributed by atoms with E-state index in [0.717, 1.165) is 9.15 Å². The van der Waals surface area contributed by atoms with Crippen molar-refractivity contribution in [3.63, 3.8) is 0 Å². The van der Waals surface area contributed by atoms with Crippen LogP contribution in [-0.4, -0.2) is 15.7 Å². The SMILES string of the molecule is O=C(CCn1[nH]c(=O)c2ccccc2c1=O)Oc1ccc(Br)cc1Cl. The van der Waals surface area contributed by atoms with Crippen molar-refractivity contribution >= 4 is 44.3 Å². The average molecular weight is 424 g/mol. The van der Waals surface area contributed by atoms with Crippen molar-refractivity contribution in [2.45, 2.75) is 13.0 Å². The molecule has 6 nitrogen and oxygen atoms in total. The zero-order valence-electron chi connectivity index (χ0n) is 12.8. The molecular weight excluding hydrogens is 412 g/mol. The second kappa shape index (κ2) is 7.25. The topological polar surface area (TPSA) is 81.2 Å². The van der Waals surface area contributed by atoms with Crippen molar-refractivity contribution in [3.8, 4) is 5.75 Å². The number of benzene rings is 2. The molecule has 0 spiro atoms. The van der Waals surface area contributed by atoms with E-state index >= 15 is 0 Å². The summed E-state index contributed by atoms with van der Waals surface area (Å²) in [5.74, 6) is -0.334. The molecule has 0 aliphatic heterocycles. The predicted octanol–water partition coefficient (Wildman–Crippen LogP) is 3.10. The van der Waals surface area contributed by atoms with Crippen LogP contribution in [0.25, 0.3) is 10.8 Å². The number of esters is 1. The van der Waals surface area contributed by atoms with Crippen molar-refractivity contribution in [2.75, 3.05) is 0 Å². The smallest absolute Gasteiger partial charge is 0.313 e. The summed E-state index contributed by atoms with van der Waals surface area (Å²) in [6.07, 6.45) is -0.0966. The van der Waals surface area contributed by atoms with E-state index in [2.05, 4.69) is 21.0 Å². The second-order valence-corrected chi connectivity index (χ2v) is 6.56. The van der Waals surface area contributed by atoms with E-state index in [9.17, 15) is 14.4 Å². The molecule has 1 heterocycles. The van der Waals surface area contributed by atoms with Gasteiger partial charge in [-0.15, -0.1) is 0 Å². The van der Waals surface area contributed by atoms with Crippen LogP contribution in [0.15, 0.2) is 56.5 Å². The maximum Gasteiger partial charge on any atom is 0.313 e. The summed E-state index contributed by atoms with van der Waals surface area (Å²) in [6, 6.07) is 11.4. The van der Waals surface area contributed by atoms with E-state index in [1.807, 2.05) is 0 Å². The van der Waals surface area contributed by atoms with Crippen molar-refractivity contribution in [1.82, 2.24) is 9.78 Å². The number of halogens is 2. The first kappa shape index (κ1) is 17.4. The molecule has 0 saturated carbocycles. The number of carbonyl (C=O) groups excluding carboxylic acids is 1. The van der Waals surface area contributed by atoms with Gasteiger partial charge in [0.05, 0.1) is 28.8 Å². The van der Waals surface area contributed by atoms with Gasteiger partial charge >= 0.3 is 5.97 Å². The molecule has 0 atom stereocenters.